The first kappa shape index (κ1) is 16.3. The highest BCUT2D eigenvalue weighted by molar-refractivity contribution is 7.13. The van der Waals surface area contributed by atoms with Crippen LogP contribution in [0.3, 0.4) is 0 Å². The van der Waals surface area contributed by atoms with Crippen molar-refractivity contribution >= 4 is 22.9 Å². The molecule has 0 bridgehead atoms. The first-order chi connectivity index (χ1) is 12.7. The number of carbonyl (C=O) groups is 1. The quantitative estimate of drug-likeness (QED) is 0.504. The zero-order valence-electron chi connectivity index (χ0n) is 13.7. The summed E-state index contributed by atoms with van der Waals surface area (Å²) in [7, 11) is 0. The Kier molecular flexibility index (Phi) is 4.37. The van der Waals surface area contributed by atoms with Gasteiger partial charge in [-0.2, -0.15) is 0 Å². The molecule has 5 heteroatoms. The van der Waals surface area contributed by atoms with Crippen molar-refractivity contribution in [1.82, 2.24) is 4.57 Å². The van der Waals surface area contributed by atoms with Gasteiger partial charge in [-0.1, -0.05) is 42.5 Å². The molecule has 0 unspecified atom stereocenters. The van der Waals surface area contributed by atoms with Crippen molar-refractivity contribution in [2.75, 3.05) is 5.32 Å². The molecule has 2 aromatic carbocycles. The van der Waals surface area contributed by atoms with Gasteiger partial charge in [0.25, 0.3) is 5.91 Å². The van der Waals surface area contributed by atoms with Gasteiger partial charge in [-0.3, -0.25) is 4.79 Å². The Balaban J connectivity index is 1.78. The molecule has 0 fully saturated rings. The molecular weight excluding hydrogens is 347 g/mol. The molecule has 4 rings (SSSR count). The maximum Gasteiger partial charge on any atom is 0.267 e. The van der Waals surface area contributed by atoms with Crippen molar-refractivity contribution in [1.29, 1.82) is 0 Å². The molecule has 4 aromatic rings. The fourth-order valence-electron chi connectivity index (χ4n) is 2.82. The molecule has 3 nitrogen and oxygen atoms in total. The van der Waals surface area contributed by atoms with Crippen LogP contribution in [-0.2, 0) is 0 Å². The van der Waals surface area contributed by atoms with Crippen molar-refractivity contribution in [2.45, 2.75) is 0 Å². The number of hydrogen-bond donors (Lipinski definition) is 1. The topological polar surface area (TPSA) is 34.0 Å². The van der Waals surface area contributed by atoms with Gasteiger partial charge in [0, 0.05) is 23.3 Å². The van der Waals surface area contributed by atoms with Crippen molar-refractivity contribution in [3.05, 3.63) is 95.2 Å². The van der Waals surface area contributed by atoms with E-state index in [-0.39, 0.29) is 11.6 Å². The van der Waals surface area contributed by atoms with Crippen molar-refractivity contribution in [2.24, 2.45) is 0 Å². The fourth-order valence-corrected chi connectivity index (χ4v) is 3.79. The van der Waals surface area contributed by atoms with E-state index < -0.39 is 5.82 Å². The minimum Gasteiger partial charge on any atom is -0.322 e. The van der Waals surface area contributed by atoms with Crippen LogP contribution in [-0.4, -0.2) is 10.5 Å². The van der Waals surface area contributed by atoms with Crippen LogP contribution < -0.4 is 5.32 Å². The van der Waals surface area contributed by atoms with Crippen LogP contribution in [0, 0.1) is 5.82 Å². The summed E-state index contributed by atoms with van der Waals surface area (Å²) in [6.45, 7) is 0. The van der Waals surface area contributed by atoms with Gasteiger partial charge in [0.1, 0.15) is 10.7 Å². The Morgan fingerprint density at radius 1 is 0.923 bits per heavy atom. The number of thiophene rings is 1. The van der Waals surface area contributed by atoms with E-state index in [1.807, 2.05) is 64.8 Å². The van der Waals surface area contributed by atoms with Crippen molar-refractivity contribution in [3.8, 4) is 16.8 Å². The van der Waals surface area contributed by atoms with Crippen LogP contribution in [0.15, 0.2) is 84.5 Å². The summed E-state index contributed by atoms with van der Waals surface area (Å²) in [6, 6.07) is 19.9. The number of para-hydroxylation sites is 1. The van der Waals surface area contributed by atoms with E-state index in [4.69, 9.17) is 0 Å². The van der Waals surface area contributed by atoms with E-state index in [2.05, 4.69) is 5.32 Å². The van der Waals surface area contributed by atoms with Crippen LogP contribution in [0.2, 0.25) is 0 Å². The van der Waals surface area contributed by atoms with Gasteiger partial charge in [-0.15, -0.1) is 11.3 Å². The van der Waals surface area contributed by atoms with Crippen LogP contribution in [0.1, 0.15) is 9.67 Å². The van der Waals surface area contributed by atoms with E-state index >= 15 is 0 Å². The average molecular weight is 362 g/mol. The average Bonchev–Trinajstić information content (AvgIpc) is 3.33. The molecule has 0 radical (unpaired) electrons. The van der Waals surface area contributed by atoms with Crippen LogP contribution in [0.4, 0.5) is 10.1 Å². The number of aromatic nitrogens is 1. The molecule has 1 N–H and O–H groups in total. The summed E-state index contributed by atoms with van der Waals surface area (Å²) >= 11 is 1.35. The lowest BCUT2D eigenvalue weighted by Gasteiger charge is -2.10. The highest BCUT2D eigenvalue weighted by atomic mass is 32.1. The molecule has 0 aliphatic heterocycles. The number of anilines is 1. The lowest BCUT2D eigenvalue weighted by Crippen LogP contribution is -2.13. The molecule has 0 atom stereocenters. The van der Waals surface area contributed by atoms with Gasteiger partial charge in [-0.05, 0) is 29.8 Å². The number of amides is 1. The number of benzene rings is 2. The molecule has 0 aliphatic carbocycles. The zero-order valence-corrected chi connectivity index (χ0v) is 14.5. The zero-order chi connectivity index (χ0) is 17.9. The van der Waals surface area contributed by atoms with Crippen LogP contribution >= 0.6 is 11.3 Å². The second-order valence-corrected chi connectivity index (χ2v) is 6.60. The summed E-state index contributed by atoms with van der Waals surface area (Å²) < 4.78 is 15.8. The lowest BCUT2D eigenvalue weighted by atomic mass is 10.1. The molecule has 128 valence electrons. The third-order valence-corrected chi connectivity index (χ3v) is 5.01. The second-order valence-electron chi connectivity index (χ2n) is 5.72. The maximum atomic E-state index is 13.9. The summed E-state index contributed by atoms with van der Waals surface area (Å²) in [4.78, 5) is 13.4. The normalized spacial score (nSPS) is 10.7. The molecule has 26 heavy (non-hydrogen) atoms. The molecule has 0 saturated heterocycles. The lowest BCUT2D eigenvalue weighted by molar-refractivity contribution is 0.103. The second kappa shape index (κ2) is 6.98. The molecular formula is C21H15FN2OS. The van der Waals surface area contributed by atoms with Gasteiger partial charge in [0.2, 0.25) is 0 Å². The van der Waals surface area contributed by atoms with Gasteiger partial charge in [0.15, 0.2) is 0 Å². The maximum absolute atomic E-state index is 13.9. The largest absolute Gasteiger partial charge is 0.322 e. The third-order valence-electron chi connectivity index (χ3n) is 4.04. The van der Waals surface area contributed by atoms with E-state index in [9.17, 15) is 9.18 Å². The van der Waals surface area contributed by atoms with E-state index in [1.165, 1.54) is 17.4 Å². The number of nitrogens with zero attached hydrogens (tertiary/aromatic N) is 1. The SMILES string of the molecule is O=C(Nc1ccccc1F)c1scc(-c2ccccc2)c1-n1cccc1. The van der Waals surface area contributed by atoms with Crippen molar-refractivity contribution < 1.29 is 9.18 Å². The number of nitrogens with one attached hydrogen (secondary N) is 1. The minimum atomic E-state index is -0.455. The highest BCUT2D eigenvalue weighted by Gasteiger charge is 2.21. The number of rotatable bonds is 4. The standard InChI is InChI=1S/C21H15FN2OS/c22-17-10-4-5-11-18(17)23-21(25)20-19(24-12-6-7-13-24)16(14-26-20)15-8-2-1-3-9-15/h1-14H,(H,23,25). The third kappa shape index (κ3) is 3.05. The van der Waals surface area contributed by atoms with E-state index in [0.717, 1.165) is 16.8 Å². The molecule has 2 heterocycles. The monoisotopic (exact) mass is 362 g/mol. The van der Waals surface area contributed by atoms with Gasteiger partial charge in [0.05, 0.1) is 11.4 Å². The summed E-state index contributed by atoms with van der Waals surface area (Å²) in [5.41, 5.74) is 2.95. The molecule has 1 amide bonds. The summed E-state index contributed by atoms with van der Waals surface area (Å²) in [6.07, 6.45) is 3.79. The Hall–Kier alpha value is -3.18. The Labute approximate surface area is 154 Å². The number of carbonyl (C=O) groups excluding carboxylic acids is 1. The smallest absolute Gasteiger partial charge is 0.267 e. The Morgan fingerprint density at radius 2 is 1.62 bits per heavy atom. The fraction of sp³-hybridized carbons (Fsp3) is 0. The van der Waals surface area contributed by atoms with Gasteiger partial charge < -0.3 is 9.88 Å². The predicted octanol–water partition coefficient (Wildman–Crippen LogP) is 5.60. The predicted molar refractivity (Wildman–Crippen MR) is 103 cm³/mol. The highest BCUT2D eigenvalue weighted by Crippen LogP contribution is 2.35. The number of halogens is 1. The van der Waals surface area contributed by atoms with Crippen LogP contribution in [0.5, 0.6) is 0 Å². The minimum absolute atomic E-state index is 0.172. The Bertz CT molecular complexity index is 1040. The van der Waals surface area contributed by atoms with Crippen molar-refractivity contribution in [3.63, 3.8) is 0 Å². The van der Waals surface area contributed by atoms with E-state index in [1.54, 1.807) is 18.2 Å². The van der Waals surface area contributed by atoms with E-state index in [0.29, 0.717) is 4.88 Å². The molecule has 0 saturated carbocycles. The first-order valence-corrected chi connectivity index (χ1v) is 8.98. The summed E-state index contributed by atoms with van der Waals surface area (Å²) in [5.74, 6) is -0.783. The first-order valence-electron chi connectivity index (χ1n) is 8.10. The molecule has 2 aromatic heterocycles. The number of hydrogen-bond acceptors (Lipinski definition) is 2. The van der Waals surface area contributed by atoms with Gasteiger partial charge >= 0.3 is 0 Å². The Morgan fingerprint density at radius 3 is 2.35 bits per heavy atom. The van der Waals surface area contributed by atoms with Gasteiger partial charge in [-0.25, -0.2) is 4.39 Å². The summed E-state index contributed by atoms with van der Waals surface area (Å²) in [5, 5.41) is 4.64. The molecule has 0 spiro atoms. The molecule has 0 aliphatic rings. The van der Waals surface area contributed by atoms with Crippen LogP contribution in [0.25, 0.3) is 16.8 Å².